The molecule has 108 valence electrons. The van der Waals surface area contributed by atoms with Crippen molar-refractivity contribution in [3.8, 4) is 0 Å². The molecule has 0 aromatic heterocycles. The van der Waals surface area contributed by atoms with Gasteiger partial charge in [-0.1, -0.05) is 6.92 Å². The first-order valence-corrected chi connectivity index (χ1v) is 5.66. The molecule has 19 heavy (non-hydrogen) atoms. The van der Waals surface area contributed by atoms with E-state index in [2.05, 4.69) is 9.47 Å². The maximum Gasteiger partial charge on any atom is 0.516 e. The van der Waals surface area contributed by atoms with Crippen LogP contribution in [0, 0.1) is 0 Å². The minimum absolute atomic E-state index is 0.00922. The van der Waals surface area contributed by atoms with Gasteiger partial charge < -0.3 is 14.4 Å². The molecule has 0 saturated carbocycles. The van der Waals surface area contributed by atoms with Crippen LogP contribution in [0.4, 0.5) is 4.79 Å². The van der Waals surface area contributed by atoms with E-state index in [0.29, 0.717) is 12.7 Å². The number of esters is 1. The predicted octanol–water partition coefficient (Wildman–Crippen LogP) is 1.91. The fourth-order valence-electron chi connectivity index (χ4n) is 0.621. The lowest BCUT2D eigenvalue weighted by Crippen LogP contribution is -2.22. The second-order valence-corrected chi connectivity index (χ2v) is 4.21. The average Bonchev–Trinajstić information content (AvgIpc) is 2.35. The first kappa shape index (κ1) is 17.1. The topological polar surface area (TPSA) is 88.1 Å². The summed E-state index contributed by atoms with van der Waals surface area (Å²) in [6.07, 6.45) is 0.840. The fraction of sp³-hybridized carbons (Fsp3) is 0.583. The molecule has 0 aromatic rings. The third-order valence-corrected chi connectivity index (χ3v) is 2.12. The van der Waals surface area contributed by atoms with Gasteiger partial charge in [0.2, 0.25) is 0 Å². The number of ether oxygens (including phenoxy) is 2. The summed E-state index contributed by atoms with van der Waals surface area (Å²) < 4.78 is 8.50. The summed E-state index contributed by atoms with van der Waals surface area (Å²) in [7, 11) is 0. The summed E-state index contributed by atoms with van der Waals surface area (Å²) in [4.78, 5) is 41.9. The molecule has 7 heteroatoms. The van der Waals surface area contributed by atoms with Gasteiger partial charge in [-0.2, -0.15) is 4.89 Å². The number of aldehydes is 1. The summed E-state index contributed by atoms with van der Waals surface area (Å²) in [5.74, 6) is -0.950. The van der Waals surface area contributed by atoms with Crippen LogP contribution in [0.5, 0.6) is 0 Å². The molecule has 0 amide bonds. The van der Waals surface area contributed by atoms with E-state index in [-0.39, 0.29) is 5.57 Å². The molecule has 0 aliphatic heterocycles. The van der Waals surface area contributed by atoms with Gasteiger partial charge in [0.05, 0.1) is 5.57 Å². The molecule has 0 N–H and O–H groups in total. The fourth-order valence-corrected chi connectivity index (χ4v) is 0.621. The van der Waals surface area contributed by atoms with E-state index in [1.165, 1.54) is 6.92 Å². The van der Waals surface area contributed by atoms with Gasteiger partial charge in [-0.25, -0.2) is 9.59 Å². The number of hydrogen-bond donors (Lipinski definition) is 0. The molecule has 0 bridgehead atoms. The Morgan fingerprint density at radius 2 is 1.89 bits per heavy atom. The molecular formula is C12H18O7. The Kier molecular flexibility index (Phi) is 7.43. The monoisotopic (exact) mass is 274 g/mol. The zero-order valence-corrected chi connectivity index (χ0v) is 11.4. The minimum Gasteiger partial charge on any atom is -0.426 e. The van der Waals surface area contributed by atoms with Gasteiger partial charge >= 0.3 is 12.1 Å². The van der Waals surface area contributed by atoms with Crippen molar-refractivity contribution in [1.82, 2.24) is 0 Å². The number of hydrogen-bond acceptors (Lipinski definition) is 7. The highest BCUT2D eigenvalue weighted by atomic mass is 17.2. The van der Waals surface area contributed by atoms with Crippen LogP contribution >= 0.6 is 0 Å². The van der Waals surface area contributed by atoms with Crippen molar-refractivity contribution >= 4 is 18.4 Å². The Bertz CT molecular complexity index is 357. The van der Waals surface area contributed by atoms with Crippen LogP contribution in [-0.4, -0.2) is 30.6 Å². The second kappa shape index (κ2) is 8.25. The molecule has 0 atom stereocenters. The molecule has 0 aliphatic rings. The quantitative estimate of drug-likeness (QED) is 0.133. The van der Waals surface area contributed by atoms with Crippen molar-refractivity contribution in [2.24, 2.45) is 0 Å². The number of carbonyl (C=O) groups is 3. The van der Waals surface area contributed by atoms with Crippen molar-refractivity contribution in [1.29, 1.82) is 0 Å². The van der Waals surface area contributed by atoms with Crippen LogP contribution in [0.25, 0.3) is 0 Å². The molecule has 7 nitrogen and oxygen atoms in total. The highest BCUT2D eigenvalue weighted by Crippen LogP contribution is 2.14. The molecule has 0 fully saturated rings. The van der Waals surface area contributed by atoms with Gasteiger partial charge in [-0.15, -0.1) is 0 Å². The maximum absolute atomic E-state index is 11.3. The Hall–Kier alpha value is -1.89. The summed E-state index contributed by atoms with van der Waals surface area (Å²) in [5, 5.41) is 0. The molecule has 0 heterocycles. The summed E-state index contributed by atoms with van der Waals surface area (Å²) >= 11 is 0. The molecular weight excluding hydrogens is 256 g/mol. The normalized spacial score (nSPS) is 11.7. The predicted molar refractivity (Wildman–Crippen MR) is 63.8 cm³/mol. The highest BCUT2D eigenvalue weighted by molar-refractivity contribution is 5.93. The Morgan fingerprint density at radius 3 is 2.42 bits per heavy atom. The van der Waals surface area contributed by atoms with Crippen molar-refractivity contribution in [3.63, 3.8) is 0 Å². The number of carbonyl (C=O) groups excluding carboxylic acids is 3. The van der Waals surface area contributed by atoms with Gasteiger partial charge in [0.25, 0.3) is 0 Å². The lowest BCUT2D eigenvalue weighted by molar-refractivity contribution is -0.317. The third-order valence-electron chi connectivity index (χ3n) is 2.12. The van der Waals surface area contributed by atoms with Crippen LogP contribution in [0.2, 0.25) is 0 Å². The van der Waals surface area contributed by atoms with Crippen LogP contribution in [0.3, 0.4) is 0 Å². The largest absolute Gasteiger partial charge is 0.516 e. The molecule has 0 unspecified atom stereocenters. The lowest BCUT2D eigenvalue weighted by atomic mass is 10.1. The zero-order valence-electron chi connectivity index (χ0n) is 11.4. The van der Waals surface area contributed by atoms with E-state index in [4.69, 9.17) is 9.78 Å². The van der Waals surface area contributed by atoms with E-state index in [1.807, 2.05) is 20.8 Å². The Morgan fingerprint density at radius 1 is 1.26 bits per heavy atom. The molecule has 0 spiro atoms. The average molecular weight is 274 g/mol. The van der Waals surface area contributed by atoms with Crippen molar-refractivity contribution in [2.45, 2.75) is 39.7 Å². The Labute approximate surface area is 111 Å². The zero-order chi connectivity index (χ0) is 14.9. The molecule has 0 aliphatic carbocycles. The number of rotatable bonds is 7. The van der Waals surface area contributed by atoms with Gasteiger partial charge in [-0.05, 0) is 27.2 Å². The second-order valence-electron chi connectivity index (χ2n) is 4.21. The van der Waals surface area contributed by atoms with Crippen LogP contribution < -0.4 is 0 Å². The van der Waals surface area contributed by atoms with Gasteiger partial charge in [0, 0.05) is 0 Å². The standard InChI is InChI=1S/C12H18O7/c1-5-12(3,4)19-17-8-9(2)10(14)18-11(15)16-7-6-13/h6,8H,5,7H2,1-4H3. The molecule has 0 aromatic carbocycles. The maximum atomic E-state index is 11.3. The van der Waals surface area contributed by atoms with Crippen LogP contribution in [-0.2, 0) is 28.8 Å². The highest BCUT2D eigenvalue weighted by Gasteiger charge is 2.18. The lowest BCUT2D eigenvalue weighted by Gasteiger charge is -2.20. The van der Waals surface area contributed by atoms with E-state index < -0.39 is 24.3 Å². The van der Waals surface area contributed by atoms with E-state index >= 15 is 0 Å². The van der Waals surface area contributed by atoms with E-state index in [0.717, 1.165) is 6.26 Å². The van der Waals surface area contributed by atoms with E-state index in [1.54, 1.807) is 0 Å². The van der Waals surface area contributed by atoms with Gasteiger partial charge in [-0.3, -0.25) is 4.79 Å². The Balaban J connectivity index is 4.18. The molecule has 0 radical (unpaired) electrons. The summed E-state index contributed by atoms with van der Waals surface area (Å²) in [5.41, 5.74) is -0.487. The van der Waals surface area contributed by atoms with Crippen LogP contribution in [0.15, 0.2) is 11.8 Å². The van der Waals surface area contributed by atoms with E-state index in [9.17, 15) is 14.4 Å². The first-order chi connectivity index (χ1) is 8.82. The summed E-state index contributed by atoms with van der Waals surface area (Å²) in [6.45, 7) is 6.44. The summed E-state index contributed by atoms with van der Waals surface area (Å²) in [6, 6.07) is 0. The van der Waals surface area contributed by atoms with Crippen LogP contribution in [0.1, 0.15) is 34.1 Å². The smallest absolute Gasteiger partial charge is 0.426 e. The molecule has 0 rings (SSSR count). The minimum atomic E-state index is -1.25. The SMILES string of the molecule is CCC(C)(C)OOC=C(C)C(=O)OC(=O)OCC=O. The van der Waals surface area contributed by atoms with Crippen molar-refractivity contribution in [3.05, 3.63) is 11.8 Å². The molecule has 0 saturated heterocycles. The van der Waals surface area contributed by atoms with Crippen molar-refractivity contribution < 1.29 is 33.6 Å². The first-order valence-electron chi connectivity index (χ1n) is 5.66. The van der Waals surface area contributed by atoms with Gasteiger partial charge in [0.1, 0.15) is 11.9 Å². The third kappa shape index (κ3) is 7.93. The van der Waals surface area contributed by atoms with Crippen molar-refractivity contribution in [2.75, 3.05) is 6.61 Å². The van der Waals surface area contributed by atoms with Gasteiger partial charge in [0.15, 0.2) is 12.9 Å².